The maximum atomic E-state index is 11.9. The number of nitrogens with two attached hydrogens (primary N) is 2. The molecule has 0 radical (unpaired) electrons. The van der Waals surface area contributed by atoms with E-state index in [4.69, 9.17) is 11.5 Å². The molecule has 0 spiro atoms. The number of hydrogen-bond donors (Lipinski definition) is 9. The average molecular weight is 576 g/mol. The number of phenols is 2. The second-order valence-corrected chi connectivity index (χ2v) is 10.7. The summed E-state index contributed by atoms with van der Waals surface area (Å²) in [4.78, 5) is 28.0. The number of amides is 2. The van der Waals surface area contributed by atoms with Crippen molar-refractivity contribution in [2.24, 2.45) is 11.5 Å². The molecule has 0 saturated carbocycles. The van der Waals surface area contributed by atoms with Crippen LogP contribution in [0.15, 0.2) is 24.3 Å². The number of aromatic hydroxyl groups is 2. The van der Waals surface area contributed by atoms with Gasteiger partial charge in [0.2, 0.25) is 0 Å². The van der Waals surface area contributed by atoms with Gasteiger partial charge in [0, 0.05) is 74.6 Å². The first-order valence-corrected chi connectivity index (χ1v) is 13.3. The van der Waals surface area contributed by atoms with Crippen molar-refractivity contribution in [2.45, 2.75) is 38.1 Å². The molecule has 0 bridgehead atoms. The van der Waals surface area contributed by atoms with Crippen molar-refractivity contribution in [2.75, 3.05) is 52.5 Å². The van der Waals surface area contributed by atoms with Crippen molar-refractivity contribution in [1.82, 2.24) is 15.1 Å². The minimum Gasteiger partial charge on any atom is -0.507 e. The molecule has 1 fully saturated rings. The molecule has 13 heteroatoms. The minimum absolute atomic E-state index is 0.156. The molecule has 3 rings (SSSR count). The first-order chi connectivity index (χ1) is 19.3. The van der Waals surface area contributed by atoms with Crippen molar-refractivity contribution in [3.05, 3.63) is 57.6 Å². The Balaban J connectivity index is 1.85. The van der Waals surface area contributed by atoms with Crippen molar-refractivity contribution in [3.8, 4) is 11.5 Å². The quantitative estimate of drug-likeness (QED) is 0.150. The Morgan fingerprint density at radius 3 is 1.44 bits per heavy atom. The number of primary amides is 2. The lowest BCUT2D eigenvalue weighted by atomic mass is 9.89. The normalized spacial score (nSPS) is 18.5. The Hall–Kier alpha value is -3.30. The molecular formula is C28H41N5O8. The lowest BCUT2D eigenvalue weighted by molar-refractivity contribution is -0.142. The Morgan fingerprint density at radius 1 is 0.756 bits per heavy atom. The number of benzene rings is 2. The predicted molar refractivity (Wildman–Crippen MR) is 149 cm³/mol. The van der Waals surface area contributed by atoms with Crippen LogP contribution in [-0.2, 0) is 33.9 Å². The van der Waals surface area contributed by atoms with Gasteiger partial charge >= 0.3 is 0 Å². The first-order valence-electron chi connectivity index (χ1n) is 13.3. The molecule has 0 aliphatic carbocycles. The summed E-state index contributed by atoms with van der Waals surface area (Å²) in [6.07, 6.45) is 0. The molecule has 11 N–H and O–H groups in total. The van der Waals surface area contributed by atoms with Crippen molar-refractivity contribution in [1.29, 1.82) is 0 Å². The zero-order chi connectivity index (χ0) is 30.5. The highest BCUT2D eigenvalue weighted by molar-refractivity contribution is 5.86. The summed E-state index contributed by atoms with van der Waals surface area (Å²) in [6, 6.07) is 6.31. The number of nitrogens with one attached hydrogen (secondary N) is 1. The van der Waals surface area contributed by atoms with Crippen LogP contribution in [0.2, 0.25) is 0 Å². The molecule has 41 heavy (non-hydrogen) atoms. The third-order valence-corrected chi connectivity index (χ3v) is 7.56. The van der Waals surface area contributed by atoms with Gasteiger partial charge in [-0.1, -0.05) is 23.3 Å². The van der Waals surface area contributed by atoms with Crippen LogP contribution >= 0.6 is 0 Å². The van der Waals surface area contributed by atoms with Crippen molar-refractivity contribution >= 4 is 11.8 Å². The molecule has 226 valence electrons. The number of hydrogen-bond acceptors (Lipinski definition) is 11. The van der Waals surface area contributed by atoms with Crippen LogP contribution in [-0.4, -0.2) is 105 Å². The molecule has 1 aliphatic rings. The van der Waals surface area contributed by atoms with E-state index in [1.165, 1.54) is 12.1 Å². The number of carbonyl (C=O) groups excluding carboxylic acids is 2. The summed E-state index contributed by atoms with van der Waals surface area (Å²) in [5.41, 5.74) is 7.71. The molecule has 2 amide bonds. The Morgan fingerprint density at radius 2 is 1.12 bits per heavy atom. The minimum atomic E-state index is -2.43. The van der Waals surface area contributed by atoms with Crippen LogP contribution < -0.4 is 16.8 Å². The molecule has 1 saturated heterocycles. The van der Waals surface area contributed by atoms with E-state index in [9.17, 15) is 40.2 Å². The van der Waals surface area contributed by atoms with E-state index in [0.29, 0.717) is 61.5 Å². The zero-order valence-corrected chi connectivity index (χ0v) is 23.4. The van der Waals surface area contributed by atoms with Gasteiger partial charge in [-0.15, -0.1) is 0 Å². The van der Waals surface area contributed by atoms with E-state index in [1.807, 2.05) is 0 Å². The Bertz CT molecular complexity index is 1180. The topological polar surface area (TPSA) is 226 Å². The number of rotatable bonds is 10. The lowest BCUT2D eigenvalue weighted by Crippen LogP contribution is -2.44. The smallest absolute Gasteiger partial charge is 0.256 e. The van der Waals surface area contributed by atoms with Gasteiger partial charge in [-0.25, -0.2) is 0 Å². The van der Waals surface area contributed by atoms with E-state index >= 15 is 0 Å². The van der Waals surface area contributed by atoms with Gasteiger partial charge in [0.05, 0.1) is 13.2 Å². The molecular weight excluding hydrogens is 534 g/mol. The van der Waals surface area contributed by atoms with E-state index in [1.54, 1.807) is 26.0 Å². The molecule has 1 aliphatic heterocycles. The molecule has 0 aromatic heterocycles. The van der Waals surface area contributed by atoms with Crippen molar-refractivity contribution in [3.63, 3.8) is 0 Å². The van der Waals surface area contributed by atoms with Crippen molar-refractivity contribution < 1.29 is 40.2 Å². The summed E-state index contributed by atoms with van der Waals surface area (Å²) in [6.45, 7) is 5.71. The molecule has 2 atom stereocenters. The molecule has 13 nitrogen and oxygen atoms in total. The SMILES string of the molecule is Cc1cc(CN2CCNCCN(Cc3cc(C)cc(C(O)(CO)C(N)=O)c3O)CC2)c(O)c(C(O)(CO)C(N)=O)c1. The Kier molecular flexibility index (Phi) is 10.3. The van der Waals surface area contributed by atoms with Gasteiger partial charge in [-0.05, 0) is 26.0 Å². The fourth-order valence-electron chi connectivity index (χ4n) is 5.07. The summed E-state index contributed by atoms with van der Waals surface area (Å²) >= 11 is 0. The summed E-state index contributed by atoms with van der Waals surface area (Å²) in [7, 11) is 0. The summed E-state index contributed by atoms with van der Waals surface area (Å²) < 4.78 is 0. The fraction of sp³-hybridized carbons (Fsp3) is 0.500. The number of carbonyl (C=O) groups is 2. The monoisotopic (exact) mass is 575 g/mol. The van der Waals surface area contributed by atoms with Gasteiger partial charge in [0.1, 0.15) is 11.5 Å². The van der Waals surface area contributed by atoms with Crippen LogP contribution in [0.25, 0.3) is 0 Å². The number of phenolic OH excluding ortho intramolecular Hbond substituents is 2. The second-order valence-electron chi connectivity index (χ2n) is 10.7. The Labute approximate surface area is 238 Å². The van der Waals surface area contributed by atoms with Crippen LogP contribution in [0.3, 0.4) is 0 Å². The second kappa shape index (κ2) is 13.1. The average Bonchev–Trinajstić information content (AvgIpc) is 3.03. The molecule has 2 aromatic carbocycles. The van der Waals surface area contributed by atoms with Crippen LogP contribution in [0, 0.1) is 13.8 Å². The van der Waals surface area contributed by atoms with Gasteiger partial charge in [0.25, 0.3) is 11.8 Å². The summed E-state index contributed by atoms with van der Waals surface area (Å²) in [5, 5.41) is 66.0. The predicted octanol–water partition coefficient (Wildman–Crippen LogP) is -2.05. The number of aryl methyl sites for hydroxylation is 2. The fourth-order valence-corrected chi connectivity index (χ4v) is 5.07. The van der Waals surface area contributed by atoms with Crippen LogP contribution in [0.4, 0.5) is 0 Å². The highest BCUT2D eigenvalue weighted by atomic mass is 16.4. The molecule has 1 heterocycles. The largest absolute Gasteiger partial charge is 0.507 e. The molecule has 2 unspecified atom stereocenters. The third kappa shape index (κ3) is 6.96. The number of nitrogens with zero attached hydrogens (tertiary/aromatic N) is 2. The lowest BCUT2D eigenvalue weighted by Gasteiger charge is -2.29. The van der Waals surface area contributed by atoms with Gasteiger partial charge in [-0.2, -0.15) is 0 Å². The molecule has 2 aromatic rings. The third-order valence-electron chi connectivity index (χ3n) is 7.56. The maximum Gasteiger partial charge on any atom is 0.256 e. The van der Waals surface area contributed by atoms with E-state index in [2.05, 4.69) is 15.1 Å². The van der Waals surface area contributed by atoms with Gasteiger partial charge < -0.3 is 47.4 Å². The summed E-state index contributed by atoms with van der Waals surface area (Å²) in [5.74, 6) is -2.99. The zero-order valence-electron chi connectivity index (χ0n) is 23.4. The maximum absolute atomic E-state index is 11.9. The van der Waals surface area contributed by atoms with Crippen LogP contribution in [0.5, 0.6) is 11.5 Å². The van der Waals surface area contributed by atoms with E-state index in [-0.39, 0.29) is 35.7 Å². The van der Waals surface area contributed by atoms with E-state index in [0.717, 1.165) is 0 Å². The van der Waals surface area contributed by atoms with Gasteiger partial charge in [-0.3, -0.25) is 19.4 Å². The number of aliphatic hydroxyl groups is 4. The standard InChI is InChI=1S/C28H41N5O8/c1-17-9-19(23(36)21(11-17)27(40,15-34)25(29)38)13-32-5-3-31-4-6-33(8-7-32)14-20-10-18(2)12-22(24(20)37)28(41,16-35)26(30)39/h9-12,31,34-37,40-41H,3-8,13-16H2,1-2H3,(H2,29,38)(H2,30,39). The number of aliphatic hydroxyl groups excluding tert-OH is 2. The van der Waals surface area contributed by atoms with Gasteiger partial charge in [0.15, 0.2) is 11.2 Å². The highest BCUT2D eigenvalue weighted by Crippen LogP contribution is 2.35. The first kappa shape index (κ1) is 32.2. The highest BCUT2D eigenvalue weighted by Gasteiger charge is 2.40. The van der Waals surface area contributed by atoms with Crippen LogP contribution in [0.1, 0.15) is 33.4 Å². The van der Waals surface area contributed by atoms with E-state index < -0.39 is 36.2 Å².